The van der Waals surface area contributed by atoms with E-state index in [2.05, 4.69) is 15.6 Å². The molecule has 3 heterocycles. The molecular weight excluding hydrogens is 578 g/mol. The third-order valence-electron chi connectivity index (χ3n) is 7.21. The minimum atomic E-state index is -0.397. The maximum absolute atomic E-state index is 12.2. The van der Waals surface area contributed by atoms with Crippen LogP contribution in [0.15, 0.2) is 91.3 Å². The Kier molecular flexibility index (Phi) is 8.55. The Labute approximate surface area is 257 Å². The van der Waals surface area contributed by atoms with Gasteiger partial charge in [0.2, 0.25) is 5.91 Å². The van der Waals surface area contributed by atoms with Gasteiger partial charge in [-0.05, 0) is 72.5 Å². The van der Waals surface area contributed by atoms with Gasteiger partial charge in [-0.15, -0.1) is 0 Å². The van der Waals surface area contributed by atoms with Crippen molar-refractivity contribution in [1.82, 2.24) is 25.2 Å². The maximum atomic E-state index is 12.2. The van der Waals surface area contributed by atoms with Crippen LogP contribution in [-0.4, -0.2) is 43.4 Å². The van der Waals surface area contributed by atoms with Crippen LogP contribution in [0, 0.1) is 0 Å². The number of nitrogens with zero attached hydrogens (tertiary/aromatic N) is 3. The highest BCUT2D eigenvalue weighted by atomic mass is 32.2. The van der Waals surface area contributed by atoms with Gasteiger partial charge in [0.15, 0.2) is 0 Å². The van der Waals surface area contributed by atoms with E-state index in [-0.39, 0.29) is 23.7 Å². The molecular formula is C33H29N5O5S. The number of rotatable bonds is 11. The molecule has 2 aromatic heterocycles. The Bertz CT molecular complexity index is 1810. The van der Waals surface area contributed by atoms with Gasteiger partial charge in [-0.2, -0.15) is 0 Å². The van der Waals surface area contributed by atoms with Gasteiger partial charge in [0.25, 0.3) is 11.1 Å². The van der Waals surface area contributed by atoms with E-state index in [0.29, 0.717) is 42.2 Å². The van der Waals surface area contributed by atoms with Gasteiger partial charge in [0.05, 0.1) is 21.8 Å². The maximum Gasteiger partial charge on any atom is 0.286 e. The molecule has 2 N–H and O–H groups in total. The number of aromatic nitrogens is 3. The number of pyridine rings is 1. The summed E-state index contributed by atoms with van der Waals surface area (Å²) in [7, 11) is 1.94. The van der Waals surface area contributed by atoms with Crippen molar-refractivity contribution in [3.05, 3.63) is 114 Å². The lowest BCUT2D eigenvalue weighted by Crippen LogP contribution is -2.25. The lowest BCUT2D eigenvalue weighted by atomic mass is 10.1. The number of fused-ring (bicyclic) bond motifs is 1. The largest absolute Gasteiger partial charge is 0.486 e. The quantitative estimate of drug-likeness (QED) is 0.210. The van der Waals surface area contributed by atoms with Crippen LogP contribution >= 0.6 is 11.8 Å². The molecule has 1 aliphatic rings. The number of hydrogen-bond donors (Lipinski definition) is 2. The molecule has 6 rings (SSSR count). The molecule has 1 atom stereocenters. The van der Waals surface area contributed by atoms with Gasteiger partial charge in [0.1, 0.15) is 29.7 Å². The number of benzene rings is 3. The van der Waals surface area contributed by atoms with Gasteiger partial charge in [-0.25, -0.2) is 4.98 Å². The highest BCUT2D eigenvalue weighted by Crippen LogP contribution is 2.27. The summed E-state index contributed by atoms with van der Waals surface area (Å²) in [6.45, 7) is 0.797. The number of imidazole rings is 1. The van der Waals surface area contributed by atoms with Crippen LogP contribution in [0.4, 0.5) is 4.79 Å². The fraction of sp³-hybridized carbons (Fsp3) is 0.182. The van der Waals surface area contributed by atoms with Gasteiger partial charge in [-0.1, -0.05) is 36.0 Å². The van der Waals surface area contributed by atoms with Crippen molar-refractivity contribution >= 4 is 39.8 Å². The van der Waals surface area contributed by atoms with E-state index in [1.807, 2.05) is 78.3 Å². The van der Waals surface area contributed by atoms with Crippen molar-refractivity contribution in [1.29, 1.82) is 0 Å². The van der Waals surface area contributed by atoms with Crippen LogP contribution in [0.1, 0.15) is 27.3 Å². The number of amides is 3. The number of hydrogen-bond acceptors (Lipinski definition) is 8. The first-order valence-corrected chi connectivity index (χ1v) is 14.9. The fourth-order valence-corrected chi connectivity index (χ4v) is 5.66. The third-order valence-corrected chi connectivity index (χ3v) is 8.19. The lowest BCUT2D eigenvalue weighted by Gasteiger charge is -2.09. The molecule has 3 amide bonds. The standard InChI is InChI=1S/C33H29N5O5S/c1-38-28-18-26(43-25-10-4-21(5-11-25)14-16-35-31(39)23-3-2-15-34-19-23)12-13-27(28)36-30(38)20-42-24-8-6-22(7-9-24)17-29-32(40)37-33(41)44-29/h2-13,15,18-19,29H,14,16-17,20H2,1H3,(H,35,39)(H,37,40,41). The van der Waals surface area contributed by atoms with Crippen LogP contribution in [0.25, 0.3) is 11.0 Å². The van der Waals surface area contributed by atoms with Gasteiger partial charge < -0.3 is 19.4 Å². The van der Waals surface area contributed by atoms with Gasteiger partial charge in [0, 0.05) is 32.1 Å². The highest BCUT2D eigenvalue weighted by Gasteiger charge is 2.31. The Morgan fingerprint density at radius 2 is 1.73 bits per heavy atom. The van der Waals surface area contributed by atoms with E-state index in [0.717, 1.165) is 39.7 Å². The van der Waals surface area contributed by atoms with E-state index >= 15 is 0 Å². The molecule has 11 heteroatoms. The van der Waals surface area contributed by atoms with Crippen LogP contribution in [-0.2, 0) is 31.3 Å². The van der Waals surface area contributed by atoms with Crippen molar-refractivity contribution in [3.63, 3.8) is 0 Å². The Balaban J connectivity index is 1.02. The second-order valence-electron chi connectivity index (χ2n) is 10.3. The molecule has 1 saturated heterocycles. The summed E-state index contributed by atoms with van der Waals surface area (Å²) < 4.78 is 14.1. The highest BCUT2D eigenvalue weighted by molar-refractivity contribution is 8.15. The first-order valence-electron chi connectivity index (χ1n) is 14.0. The topological polar surface area (TPSA) is 124 Å². The molecule has 0 bridgehead atoms. The van der Waals surface area contributed by atoms with E-state index in [4.69, 9.17) is 14.5 Å². The van der Waals surface area contributed by atoms with Crippen molar-refractivity contribution in [2.45, 2.75) is 24.7 Å². The van der Waals surface area contributed by atoms with E-state index in [1.54, 1.807) is 24.5 Å². The van der Waals surface area contributed by atoms with Crippen molar-refractivity contribution < 1.29 is 23.9 Å². The van der Waals surface area contributed by atoms with Crippen LogP contribution in [0.2, 0.25) is 0 Å². The predicted molar refractivity (Wildman–Crippen MR) is 167 cm³/mol. The zero-order valence-electron chi connectivity index (χ0n) is 23.9. The zero-order chi connectivity index (χ0) is 30.5. The Morgan fingerprint density at radius 1 is 0.977 bits per heavy atom. The number of aryl methyl sites for hydroxylation is 1. The smallest absolute Gasteiger partial charge is 0.286 e. The second kappa shape index (κ2) is 13.0. The molecule has 1 aliphatic heterocycles. The Hall–Kier alpha value is -5.16. The summed E-state index contributed by atoms with van der Waals surface area (Å²) in [6.07, 6.45) is 4.36. The summed E-state index contributed by atoms with van der Waals surface area (Å²) in [5.74, 6) is 2.46. The predicted octanol–water partition coefficient (Wildman–Crippen LogP) is 5.21. The van der Waals surface area contributed by atoms with Gasteiger partial charge in [-0.3, -0.25) is 24.7 Å². The summed E-state index contributed by atoms with van der Waals surface area (Å²) >= 11 is 1.02. The number of imide groups is 1. The second-order valence-corrected chi connectivity index (χ2v) is 11.4. The van der Waals surface area contributed by atoms with E-state index in [1.165, 1.54) is 0 Å². The van der Waals surface area contributed by atoms with Crippen molar-refractivity contribution in [2.75, 3.05) is 6.54 Å². The summed E-state index contributed by atoms with van der Waals surface area (Å²) in [5, 5.41) is 4.53. The zero-order valence-corrected chi connectivity index (χ0v) is 24.7. The molecule has 222 valence electrons. The molecule has 10 nitrogen and oxygen atoms in total. The number of carbonyl (C=O) groups excluding carboxylic acids is 3. The first-order chi connectivity index (χ1) is 21.4. The lowest BCUT2D eigenvalue weighted by molar-refractivity contribution is -0.118. The van der Waals surface area contributed by atoms with Crippen molar-refractivity contribution in [3.8, 4) is 17.2 Å². The monoisotopic (exact) mass is 607 g/mol. The molecule has 0 spiro atoms. The van der Waals surface area contributed by atoms with E-state index in [9.17, 15) is 14.4 Å². The summed E-state index contributed by atoms with van der Waals surface area (Å²) in [5.41, 5.74) is 4.33. The number of thioether (sulfide) groups is 1. The number of carbonyl (C=O) groups is 3. The summed E-state index contributed by atoms with van der Waals surface area (Å²) in [4.78, 5) is 44.1. The number of ether oxygens (including phenoxy) is 2. The molecule has 3 aromatic carbocycles. The molecule has 0 saturated carbocycles. The first kappa shape index (κ1) is 28.9. The average molecular weight is 608 g/mol. The van der Waals surface area contributed by atoms with Crippen LogP contribution < -0.4 is 20.1 Å². The molecule has 0 aliphatic carbocycles. The van der Waals surface area contributed by atoms with Crippen LogP contribution in [0.5, 0.6) is 17.2 Å². The summed E-state index contributed by atoms with van der Waals surface area (Å²) in [6, 6.07) is 24.5. The minimum Gasteiger partial charge on any atom is -0.486 e. The van der Waals surface area contributed by atoms with Gasteiger partial charge >= 0.3 is 0 Å². The normalized spacial score (nSPS) is 14.4. The Morgan fingerprint density at radius 3 is 2.45 bits per heavy atom. The third kappa shape index (κ3) is 6.90. The van der Waals surface area contributed by atoms with E-state index < -0.39 is 5.25 Å². The van der Waals surface area contributed by atoms with Crippen LogP contribution in [0.3, 0.4) is 0 Å². The van der Waals surface area contributed by atoms with Crippen molar-refractivity contribution in [2.24, 2.45) is 7.05 Å². The average Bonchev–Trinajstić information content (AvgIpc) is 3.53. The molecule has 44 heavy (non-hydrogen) atoms. The molecule has 5 aromatic rings. The fourth-order valence-electron chi connectivity index (χ4n) is 4.80. The molecule has 0 radical (unpaired) electrons. The molecule has 1 unspecified atom stereocenters. The SMILES string of the molecule is Cn1c(COc2ccc(CC3SC(=O)NC3=O)cc2)nc2ccc(Oc3ccc(CCNC(=O)c4cccnc4)cc3)cc21. The molecule has 1 fully saturated rings. The number of nitrogens with one attached hydrogen (secondary N) is 2. The minimum absolute atomic E-state index is 0.140.